The van der Waals surface area contributed by atoms with Crippen molar-refractivity contribution in [3.63, 3.8) is 0 Å². The first-order chi connectivity index (χ1) is 11.5. The lowest BCUT2D eigenvalue weighted by Gasteiger charge is -2.10. The molecule has 0 fully saturated rings. The van der Waals surface area contributed by atoms with Crippen LogP contribution in [0.15, 0.2) is 53.7 Å². The summed E-state index contributed by atoms with van der Waals surface area (Å²) in [6, 6.07) is 12.3. The number of nitrogens with zero attached hydrogens (tertiary/aromatic N) is 2. The van der Waals surface area contributed by atoms with Crippen molar-refractivity contribution in [3.8, 4) is 11.3 Å². The molecule has 1 aromatic heterocycles. The van der Waals surface area contributed by atoms with Crippen LogP contribution in [0.3, 0.4) is 0 Å². The van der Waals surface area contributed by atoms with Gasteiger partial charge in [-0.25, -0.2) is 0 Å². The number of benzene rings is 2. The molecule has 0 unspecified atom stereocenters. The molecule has 0 radical (unpaired) electrons. The first-order valence-electron chi connectivity index (χ1n) is 6.94. The second-order valence-corrected chi connectivity index (χ2v) is 5.85. The van der Waals surface area contributed by atoms with Crippen LogP contribution in [-0.2, 0) is 0 Å². The molecule has 0 aliphatic rings. The lowest BCUT2D eigenvalue weighted by molar-refractivity contribution is 0.100. The topological polar surface area (TPSA) is 94.4 Å². The van der Waals surface area contributed by atoms with Gasteiger partial charge in [-0.1, -0.05) is 47.5 Å². The van der Waals surface area contributed by atoms with Crippen LogP contribution in [0.2, 0.25) is 10.0 Å². The third kappa shape index (κ3) is 3.04. The summed E-state index contributed by atoms with van der Waals surface area (Å²) >= 11 is 12.5. The molecule has 120 valence electrons. The van der Waals surface area contributed by atoms with Crippen molar-refractivity contribution in [2.24, 2.45) is 16.5 Å². The number of carbonyl (C=O) groups excluding carboxylic acids is 1. The SMILES string of the molecule is NC(N)=NC(=O)c1ccc2c(Cl)cnc(-c3ccccc3Cl)c2c1. The fourth-order valence-electron chi connectivity index (χ4n) is 2.39. The number of carbonyl (C=O) groups is 1. The van der Waals surface area contributed by atoms with Gasteiger partial charge in [0.15, 0.2) is 5.96 Å². The summed E-state index contributed by atoms with van der Waals surface area (Å²) in [5, 5.41) is 2.46. The van der Waals surface area contributed by atoms with Crippen molar-refractivity contribution in [2.45, 2.75) is 0 Å². The minimum Gasteiger partial charge on any atom is -0.370 e. The van der Waals surface area contributed by atoms with Gasteiger partial charge in [0.25, 0.3) is 5.91 Å². The van der Waals surface area contributed by atoms with Crippen molar-refractivity contribution in [1.82, 2.24) is 4.98 Å². The predicted molar refractivity (Wildman–Crippen MR) is 97.3 cm³/mol. The first kappa shape index (κ1) is 16.2. The second-order valence-electron chi connectivity index (χ2n) is 5.04. The highest BCUT2D eigenvalue weighted by Crippen LogP contribution is 2.35. The van der Waals surface area contributed by atoms with E-state index in [0.717, 1.165) is 10.9 Å². The number of hydrogen-bond donors (Lipinski definition) is 2. The molecule has 7 heteroatoms. The van der Waals surface area contributed by atoms with Gasteiger partial charge in [0.2, 0.25) is 0 Å². The number of hydrogen-bond acceptors (Lipinski definition) is 2. The molecule has 0 spiro atoms. The highest BCUT2D eigenvalue weighted by atomic mass is 35.5. The Hall–Kier alpha value is -2.63. The molecule has 0 aliphatic carbocycles. The third-order valence-electron chi connectivity index (χ3n) is 3.45. The number of nitrogens with two attached hydrogens (primary N) is 2. The normalized spacial score (nSPS) is 10.6. The number of rotatable bonds is 2. The van der Waals surface area contributed by atoms with Gasteiger partial charge in [0.1, 0.15) is 0 Å². The Morgan fingerprint density at radius 2 is 1.75 bits per heavy atom. The van der Waals surface area contributed by atoms with E-state index < -0.39 is 5.91 Å². The number of aromatic nitrogens is 1. The highest BCUT2D eigenvalue weighted by molar-refractivity contribution is 6.36. The fourth-order valence-corrected chi connectivity index (χ4v) is 2.83. The Kier molecular flexibility index (Phi) is 4.38. The largest absolute Gasteiger partial charge is 0.370 e. The number of aliphatic imine (C=N–C) groups is 1. The Balaban J connectivity index is 2.27. The molecule has 0 bridgehead atoms. The van der Waals surface area contributed by atoms with Gasteiger partial charge in [-0.2, -0.15) is 4.99 Å². The zero-order chi connectivity index (χ0) is 17.3. The molecule has 5 nitrogen and oxygen atoms in total. The Morgan fingerprint density at radius 1 is 1.00 bits per heavy atom. The molecule has 0 atom stereocenters. The number of guanidine groups is 1. The van der Waals surface area contributed by atoms with E-state index >= 15 is 0 Å². The van der Waals surface area contributed by atoms with Gasteiger partial charge in [0, 0.05) is 33.1 Å². The monoisotopic (exact) mass is 358 g/mol. The molecular formula is C17H12Cl2N4O. The molecule has 3 aromatic rings. The van der Waals surface area contributed by atoms with Crippen LogP contribution in [0.1, 0.15) is 10.4 Å². The molecule has 0 saturated heterocycles. The van der Waals surface area contributed by atoms with Gasteiger partial charge in [-0.3, -0.25) is 9.78 Å². The molecule has 24 heavy (non-hydrogen) atoms. The average molecular weight is 359 g/mol. The standard InChI is InChI=1S/C17H12Cl2N4O/c18-13-4-2-1-3-11(13)15-12-7-9(16(24)23-17(20)21)5-6-10(12)14(19)8-22-15/h1-8H,(H4,20,21,23,24). The Bertz CT molecular complexity index is 981. The van der Waals surface area contributed by atoms with Crippen molar-refractivity contribution in [2.75, 3.05) is 0 Å². The second kappa shape index (κ2) is 6.47. The maximum atomic E-state index is 12.1. The van der Waals surface area contributed by atoms with E-state index in [2.05, 4.69) is 9.98 Å². The summed E-state index contributed by atoms with van der Waals surface area (Å²) in [5.74, 6) is -0.836. The molecular weight excluding hydrogens is 347 g/mol. The van der Waals surface area contributed by atoms with Crippen molar-refractivity contribution in [3.05, 3.63) is 64.3 Å². The molecule has 4 N–H and O–H groups in total. The van der Waals surface area contributed by atoms with E-state index in [9.17, 15) is 4.79 Å². The minimum atomic E-state index is -0.540. The molecule has 0 aliphatic heterocycles. The smallest absolute Gasteiger partial charge is 0.280 e. The highest BCUT2D eigenvalue weighted by Gasteiger charge is 2.14. The van der Waals surface area contributed by atoms with Crippen LogP contribution in [0.25, 0.3) is 22.0 Å². The quantitative estimate of drug-likeness (QED) is 0.540. The van der Waals surface area contributed by atoms with E-state index in [0.29, 0.717) is 26.7 Å². The van der Waals surface area contributed by atoms with Crippen molar-refractivity contribution >= 4 is 45.8 Å². The number of pyridine rings is 1. The molecule has 0 saturated carbocycles. The van der Waals surface area contributed by atoms with E-state index in [1.165, 1.54) is 0 Å². The Labute approximate surface area is 147 Å². The zero-order valence-electron chi connectivity index (χ0n) is 12.3. The van der Waals surface area contributed by atoms with Crippen molar-refractivity contribution < 1.29 is 4.79 Å². The van der Waals surface area contributed by atoms with Crippen molar-refractivity contribution in [1.29, 1.82) is 0 Å². The predicted octanol–water partition coefficient (Wildman–Crippen LogP) is 3.62. The molecule has 1 amide bonds. The summed E-state index contributed by atoms with van der Waals surface area (Å²) in [5.41, 5.74) is 12.2. The van der Waals surface area contributed by atoms with E-state index in [4.69, 9.17) is 34.7 Å². The number of halogens is 2. The summed E-state index contributed by atoms with van der Waals surface area (Å²) < 4.78 is 0. The van der Waals surface area contributed by atoms with Gasteiger partial charge in [-0.05, 0) is 18.2 Å². The van der Waals surface area contributed by atoms with E-state index in [1.807, 2.05) is 18.2 Å². The van der Waals surface area contributed by atoms with Crippen LogP contribution >= 0.6 is 23.2 Å². The van der Waals surface area contributed by atoms with Gasteiger partial charge >= 0.3 is 0 Å². The van der Waals surface area contributed by atoms with Gasteiger partial charge in [-0.15, -0.1) is 0 Å². The number of fused-ring (bicyclic) bond motifs is 1. The summed E-state index contributed by atoms with van der Waals surface area (Å²) in [6.45, 7) is 0. The number of amides is 1. The fraction of sp³-hybridized carbons (Fsp3) is 0. The van der Waals surface area contributed by atoms with Gasteiger partial charge < -0.3 is 11.5 Å². The third-order valence-corrected chi connectivity index (χ3v) is 4.08. The van der Waals surface area contributed by atoms with E-state index in [1.54, 1.807) is 30.5 Å². The molecule has 1 heterocycles. The average Bonchev–Trinajstić information content (AvgIpc) is 2.55. The minimum absolute atomic E-state index is 0.296. The Morgan fingerprint density at radius 3 is 2.46 bits per heavy atom. The lowest BCUT2D eigenvalue weighted by atomic mass is 10.0. The zero-order valence-corrected chi connectivity index (χ0v) is 13.8. The maximum absolute atomic E-state index is 12.1. The van der Waals surface area contributed by atoms with Gasteiger partial charge in [0.05, 0.1) is 10.7 Å². The summed E-state index contributed by atoms with van der Waals surface area (Å²) in [4.78, 5) is 20.0. The first-order valence-corrected chi connectivity index (χ1v) is 7.70. The summed E-state index contributed by atoms with van der Waals surface area (Å²) in [6.07, 6.45) is 1.56. The van der Waals surface area contributed by atoms with E-state index in [-0.39, 0.29) is 5.96 Å². The molecule has 3 rings (SSSR count). The lowest BCUT2D eigenvalue weighted by Crippen LogP contribution is -2.24. The van der Waals surface area contributed by atoms with Crippen LogP contribution in [0.4, 0.5) is 0 Å². The van der Waals surface area contributed by atoms with Crippen LogP contribution in [0.5, 0.6) is 0 Å². The summed E-state index contributed by atoms with van der Waals surface area (Å²) in [7, 11) is 0. The van der Waals surface area contributed by atoms with Crippen LogP contribution in [-0.4, -0.2) is 16.9 Å². The van der Waals surface area contributed by atoms with Crippen LogP contribution in [0, 0.1) is 0 Å². The van der Waals surface area contributed by atoms with Crippen LogP contribution < -0.4 is 11.5 Å². The molecule has 2 aromatic carbocycles. The maximum Gasteiger partial charge on any atom is 0.280 e.